The molecule has 0 radical (unpaired) electrons. The minimum absolute atomic E-state index is 0.281. The normalized spacial score (nSPS) is 10.7. The van der Waals surface area contributed by atoms with E-state index in [9.17, 15) is 4.79 Å². The molecule has 2 aromatic rings. The van der Waals surface area contributed by atoms with Crippen LogP contribution in [0.15, 0.2) is 24.4 Å². The van der Waals surface area contributed by atoms with Gasteiger partial charge in [0.1, 0.15) is 5.69 Å². The predicted octanol–water partition coefficient (Wildman–Crippen LogP) is 2.13. The highest BCUT2D eigenvalue weighted by Crippen LogP contribution is 2.17. The van der Waals surface area contributed by atoms with Gasteiger partial charge in [0.05, 0.1) is 11.0 Å². The summed E-state index contributed by atoms with van der Waals surface area (Å²) in [6.45, 7) is 0.622. The molecular weight excluding hydrogens is 260 g/mol. The maximum Gasteiger partial charge on any atom is 0.352 e. The Labute approximate surface area is 94.7 Å². The number of rotatable bonds is 3. The molecule has 0 unspecified atom stereocenters. The van der Waals surface area contributed by atoms with Crippen LogP contribution in [-0.4, -0.2) is 26.0 Å². The van der Waals surface area contributed by atoms with Crippen molar-refractivity contribution in [3.05, 3.63) is 30.1 Å². The van der Waals surface area contributed by atoms with Crippen LogP contribution >= 0.6 is 15.9 Å². The van der Waals surface area contributed by atoms with Gasteiger partial charge in [0.2, 0.25) is 0 Å². The first-order valence-corrected chi connectivity index (χ1v) is 5.59. The third-order valence-electron chi connectivity index (χ3n) is 2.20. The molecule has 0 aliphatic carbocycles. The third-order valence-corrected chi connectivity index (χ3v) is 2.55. The predicted molar refractivity (Wildman–Crippen MR) is 60.5 cm³/mol. The number of carboxylic acid groups (broad SMARTS) is 1. The molecule has 2 aromatic heterocycles. The van der Waals surface area contributed by atoms with E-state index in [1.54, 1.807) is 22.9 Å². The van der Waals surface area contributed by atoms with Crippen molar-refractivity contribution in [1.82, 2.24) is 9.55 Å². The lowest BCUT2D eigenvalue weighted by Crippen LogP contribution is -2.08. The second-order valence-corrected chi connectivity index (χ2v) is 3.88. The highest BCUT2D eigenvalue weighted by atomic mass is 79.9. The molecule has 0 atom stereocenters. The molecule has 15 heavy (non-hydrogen) atoms. The van der Waals surface area contributed by atoms with Crippen LogP contribution in [-0.2, 0) is 6.54 Å². The first-order valence-electron chi connectivity index (χ1n) is 4.47. The average Bonchev–Trinajstić information content (AvgIpc) is 2.58. The highest BCUT2D eigenvalue weighted by molar-refractivity contribution is 9.09. The van der Waals surface area contributed by atoms with E-state index in [4.69, 9.17) is 5.11 Å². The molecule has 0 aliphatic heterocycles. The lowest BCUT2D eigenvalue weighted by atomic mass is 10.4. The second kappa shape index (κ2) is 4.02. The van der Waals surface area contributed by atoms with Crippen molar-refractivity contribution in [1.29, 1.82) is 0 Å². The maximum absolute atomic E-state index is 11.0. The van der Waals surface area contributed by atoms with E-state index < -0.39 is 5.97 Å². The number of aromatic nitrogens is 2. The van der Waals surface area contributed by atoms with Gasteiger partial charge in [-0.15, -0.1) is 0 Å². The molecule has 0 aliphatic rings. The fraction of sp³-hybridized carbons (Fsp3) is 0.200. The molecule has 0 saturated heterocycles. The Bertz CT molecular complexity index is 507. The lowest BCUT2D eigenvalue weighted by molar-refractivity contribution is 0.0686. The van der Waals surface area contributed by atoms with Crippen LogP contribution in [0.5, 0.6) is 0 Å². The summed E-state index contributed by atoms with van der Waals surface area (Å²) in [5, 5.41) is 9.74. The summed E-state index contributed by atoms with van der Waals surface area (Å²) in [6.07, 6.45) is 1.66. The zero-order valence-electron chi connectivity index (χ0n) is 7.85. The molecule has 78 valence electrons. The van der Waals surface area contributed by atoms with Gasteiger partial charge < -0.3 is 9.67 Å². The fourth-order valence-corrected chi connectivity index (χ4v) is 1.94. The Morgan fingerprint density at radius 2 is 2.40 bits per heavy atom. The van der Waals surface area contributed by atoms with Gasteiger partial charge in [0.25, 0.3) is 0 Å². The standard InChI is InChI=1S/C10H9BrN2O2/c11-3-5-13-8-2-1-4-12-7(8)6-9(13)10(14)15/h1-2,4,6H,3,5H2,(H,14,15). The molecule has 0 amide bonds. The van der Waals surface area contributed by atoms with Gasteiger partial charge in [-0.3, -0.25) is 4.98 Å². The summed E-state index contributed by atoms with van der Waals surface area (Å²) >= 11 is 3.31. The number of pyridine rings is 1. The van der Waals surface area contributed by atoms with Crippen molar-refractivity contribution in [2.24, 2.45) is 0 Å². The molecule has 0 saturated carbocycles. The van der Waals surface area contributed by atoms with Crippen LogP contribution < -0.4 is 0 Å². The molecule has 0 aromatic carbocycles. The molecule has 2 rings (SSSR count). The summed E-state index contributed by atoms with van der Waals surface area (Å²) in [5.74, 6) is -0.922. The average molecular weight is 269 g/mol. The summed E-state index contributed by atoms with van der Waals surface area (Å²) in [6, 6.07) is 5.27. The Hall–Kier alpha value is -1.36. The van der Waals surface area contributed by atoms with Crippen molar-refractivity contribution < 1.29 is 9.90 Å². The highest BCUT2D eigenvalue weighted by Gasteiger charge is 2.13. The monoisotopic (exact) mass is 268 g/mol. The number of halogens is 1. The van der Waals surface area contributed by atoms with Gasteiger partial charge in [-0.2, -0.15) is 0 Å². The van der Waals surface area contributed by atoms with E-state index in [1.165, 1.54) is 0 Å². The van der Waals surface area contributed by atoms with Crippen molar-refractivity contribution >= 4 is 32.9 Å². The molecule has 4 nitrogen and oxygen atoms in total. The minimum Gasteiger partial charge on any atom is -0.477 e. The van der Waals surface area contributed by atoms with Gasteiger partial charge in [0, 0.05) is 18.1 Å². The number of carboxylic acids is 1. The fourth-order valence-electron chi connectivity index (χ4n) is 1.59. The third kappa shape index (κ3) is 1.74. The van der Waals surface area contributed by atoms with Gasteiger partial charge in [-0.1, -0.05) is 15.9 Å². The molecule has 0 spiro atoms. The van der Waals surface area contributed by atoms with Crippen molar-refractivity contribution in [2.75, 3.05) is 5.33 Å². The van der Waals surface area contributed by atoms with Crippen LogP contribution in [0, 0.1) is 0 Å². The van der Waals surface area contributed by atoms with Crippen molar-refractivity contribution in [3.63, 3.8) is 0 Å². The summed E-state index contributed by atoms with van der Waals surface area (Å²) in [5.41, 5.74) is 1.85. The Morgan fingerprint density at radius 3 is 3.07 bits per heavy atom. The lowest BCUT2D eigenvalue weighted by Gasteiger charge is -2.04. The van der Waals surface area contributed by atoms with E-state index in [-0.39, 0.29) is 5.69 Å². The number of alkyl halides is 1. The number of nitrogens with zero attached hydrogens (tertiary/aromatic N) is 2. The summed E-state index contributed by atoms with van der Waals surface area (Å²) in [7, 11) is 0. The molecule has 5 heteroatoms. The van der Waals surface area contributed by atoms with E-state index in [1.807, 2.05) is 6.07 Å². The van der Waals surface area contributed by atoms with E-state index >= 15 is 0 Å². The zero-order chi connectivity index (χ0) is 10.8. The van der Waals surface area contributed by atoms with Crippen LogP contribution in [0.3, 0.4) is 0 Å². The topological polar surface area (TPSA) is 55.1 Å². The molecule has 2 heterocycles. The Kier molecular flexibility index (Phi) is 2.73. The van der Waals surface area contributed by atoms with Gasteiger partial charge in [0.15, 0.2) is 0 Å². The smallest absolute Gasteiger partial charge is 0.352 e. The second-order valence-electron chi connectivity index (χ2n) is 3.08. The number of hydrogen-bond donors (Lipinski definition) is 1. The van der Waals surface area contributed by atoms with Crippen LogP contribution in [0.4, 0.5) is 0 Å². The van der Waals surface area contributed by atoms with E-state index in [0.29, 0.717) is 11.9 Å². The number of aryl methyl sites for hydroxylation is 1. The van der Waals surface area contributed by atoms with Crippen molar-refractivity contribution in [3.8, 4) is 0 Å². The van der Waals surface area contributed by atoms with Crippen LogP contribution in [0.2, 0.25) is 0 Å². The zero-order valence-corrected chi connectivity index (χ0v) is 9.44. The van der Waals surface area contributed by atoms with E-state index in [0.717, 1.165) is 11.0 Å². The van der Waals surface area contributed by atoms with Gasteiger partial charge >= 0.3 is 5.97 Å². The summed E-state index contributed by atoms with van der Waals surface area (Å²) in [4.78, 5) is 15.1. The van der Waals surface area contributed by atoms with Crippen molar-refractivity contribution in [2.45, 2.75) is 6.54 Å². The Morgan fingerprint density at radius 1 is 1.60 bits per heavy atom. The SMILES string of the molecule is O=C(O)c1cc2ncccc2n1CCBr. The first-order chi connectivity index (χ1) is 7.24. The Balaban J connectivity index is 2.68. The minimum atomic E-state index is -0.922. The molecule has 0 fully saturated rings. The maximum atomic E-state index is 11.0. The molecular formula is C10H9BrN2O2. The van der Waals surface area contributed by atoms with Crippen LogP contribution in [0.25, 0.3) is 11.0 Å². The number of hydrogen-bond acceptors (Lipinski definition) is 2. The first kappa shape index (κ1) is 10.2. The molecule has 0 bridgehead atoms. The van der Waals surface area contributed by atoms with E-state index in [2.05, 4.69) is 20.9 Å². The van der Waals surface area contributed by atoms with Gasteiger partial charge in [-0.05, 0) is 18.2 Å². The summed E-state index contributed by atoms with van der Waals surface area (Å²) < 4.78 is 1.75. The molecule has 1 N–H and O–H groups in total. The van der Waals surface area contributed by atoms with Crippen LogP contribution in [0.1, 0.15) is 10.5 Å². The largest absolute Gasteiger partial charge is 0.477 e. The van der Waals surface area contributed by atoms with Gasteiger partial charge in [-0.25, -0.2) is 4.79 Å². The number of fused-ring (bicyclic) bond motifs is 1. The quantitative estimate of drug-likeness (QED) is 0.868. The number of aromatic carboxylic acids is 1. The number of carbonyl (C=O) groups is 1.